The minimum absolute atomic E-state index is 0.129. The fourth-order valence-electron chi connectivity index (χ4n) is 4.28. The number of rotatable bonds is 11. The van der Waals surface area contributed by atoms with Crippen LogP contribution in [-0.4, -0.2) is 55.3 Å². The molecule has 3 aromatic rings. The Morgan fingerprint density at radius 1 is 1.28 bits per heavy atom. The van der Waals surface area contributed by atoms with Crippen LogP contribution in [0.5, 0.6) is 0 Å². The second-order valence-corrected chi connectivity index (χ2v) is 13.0. The van der Waals surface area contributed by atoms with Gasteiger partial charge in [-0.25, -0.2) is 9.19 Å². The van der Waals surface area contributed by atoms with Gasteiger partial charge in [0.15, 0.2) is 7.37 Å². The maximum atomic E-state index is 12.9. The molecular weight excluding hydrogens is 501 g/mol. The number of hydrogen-bond acceptors (Lipinski definition) is 5. The smallest absolute Gasteiger partial charge is 0.255 e. The number of unbranched alkanes of at least 4 members (excludes halogenated alkanes) is 1. The van der Waals surface area contributed by atoms with Crippen molar-refractivity contribution in [3.05, 3.63) is 52.7 Å². The number of fused-ring (bicyclic) bond motifs is 1. The van der Waals surface area contributed by atoms with Gasteiger partial charge in [0.05, 0.1) is 23.2 Å². The largest absolute Gasteiger partial charge is 0.437 e. The van der Waals surface area contributed by atoms with Crippen LogP contribution in [0.25, 0.3) is 22.4 Å². The Balaban J connectivity index is 1.71. The van der Waals surface area contributed by atoms with Crippen molar-refractivity contribution in [2.24, 2.45) is 0 Å². The Bertz CT molecular complexity index is 1330. The molecule has 2 heterocycles. The van der Waals surface area contributed by atoms with E-state index in [1.807, 2.05) is 37.3 Å². The van der Waals surface area contributed by atoms with E-state index in [2.05, 4.69) is 5.32 Å². The summed E-state index contributed by atoms with van der Waals surface area (Å²) in [7, 11) is -1.54. The molecule has 3 N–H and O–H groups in total. The van der Waals surface area contributed by atoms with Crippen molar-refractivity contribution in [3.63, 3.8) is 0 Å². The minimum atomic E-state index is -3.11. The Kier molecular flexibility index (Phi) is 8.12. The standard InChI is InChI=1S/C25H32N3O6PS/c1-16-6-8-18(9-7-16)23-22(24(29)26-2)20-14-19(17-10-11-17)21(27-25(20)34-23)15-28(36(32)33)12-4-5-13-35(3,30)31/h6-9,14,17H,4-5,10-13,15H2,1-3H3,(H,26,29)(H,30,31)(H,32,33). The summed E-state index contributed by atoms with van der Waals surface area (Å²) in [5.41, 5.74) is 4.18. The average molecular weight is 534 g/mol. The van der Waals surface area contributed by atoms with E-state index in [1.165, 1.54) is 11.0 Å². The average Bonchev–Trinajstić information content (AvgIpc) is 3.60. The van der Waals surface area contributed by atoms with Gasteiger partial charge < -0.3 is 14.6 Å². The summed E-state index contributed by atoms with van der Waals surface area (Å²) in [5, 5.41) is 3.32. The normalized spacial score (nSPS) is 16.3. The highest BCUT2D eigenvalue weighted by Gasteiger charge is 2.31. The van der Waals surface area contributed by atoms with Gasteiger partial charge in [0, 0.05) is 32.0 Å². The molecule has 1 saturated carbocycles. The Labute approximate surface area is 213 Å². The van der Waals surface area contributed by atoms with E-state index in [9.17, 15) is 23.0 Å². The van der Waals surface area contributed by atoms with Crippen molar-refractivity contribution in [3.8, 4) is 11.3 Å². The fraction of sp³-hybridized carbons (Fsp3) is 0.440. The van der Waals surface area contributed by atoms with E-state index in [4.69, 9.17) is 9.40 Å². The number of nitrogens with zero attached hydrogens (tertiary/aromatic N) is 2. The quantitative estimate of drug-likeness (QED) is 0.185. The summed E-state index contributed by atoms with van der Waals surface area (Å²) in [5.74, 6) is 0.448. The van der Waals surface area contributed by atoms with Crippen LogP contribution in [0.1, 0.15) is 58.8 Å². The number of amides is 1. The predicted octanol–water partition coefficient (Wildman–Crippen LogP) is 4.66. The highest BCUT2D eigenvalue weighted by Crippen LogP contribution is 2.44. The van der Waals surface area contributed by atoms with Gasteiger partial charge >= 0.3 is 0 Å². The number of pyridine rings is 1. The SMILES string of the molecule is CNC(=O)c1c(-c2ccc(C)cc2)oc2nc(CN(CCCCP(C)(=O)O)S(=O)O)c(C3CC3)cc12. The number of nitrogens with one attached hydrogen (secondary N) is 1. The van der Waals surface area contributed by atoms with Crippen molar-refractivity contribution in [2.45, 2.75) is 45.1 Å². The number of aryl methyl sites for hydroxylation is 1. The molecule has 0 radical (unpaired) electrons. The topological polar surface area (TPSA) is 133 Å². The van der Waals surface area contributed by atoms with Crippen LogP contribution in [0, 0.1) is 6.92 Å². The molecule has 4 rings (SSSR count). The molecule has 0 saturated heterocycles. The second-order valence-electron chi connectivity index (χ2n) is 9.48. The fourth-order valence-corrected chi connectivity index (χ4v) is 5.61. The van der Waals surface area contributed by atoms with Crippen LogP contribution in [0.4, 0.5) is 0 Å². The molecule has 1 aromatic carbocycles. The number of aromatic nitrogens is 1. The van der Waals surface area contributed by atoms with Crippen molar-refractivity contribution >= 4 is 35.6 Å². The molecule has 1 aliphatic rings. The molecule has 194 valence electrons. The third kappa shape index (κ3) is 6.30. The van der Waals surface area contributed by atoms with Crippen LogP contribution in [0.3, 0.4) is 0 Å². The number of carbonyl (C=O) groups is 1. The lowest BCUT2D eigenvalue weighted by Crippen LogP contribution is -2.27. The third-order valence-corrected chi connectivity index (χ3v) is 8.26. The zero-order valence-corrected chi connectivity index (χ0v) is 22.4. The number of furan rings is 1. The Hall–Kier alpha value is -2.36. The van der Waals surface area contributed by atoms with E-state index < -0.39 is 18.6 Å². The van der Waals surface area contributed by atoms with Gasteiger partial charge in [-0.05, 0) is 50.2 Å². The first-order valence-electron chi connectivity index (χ1n) is 12.0. The molecule has 36 heavy (non-hydrogen) atoms. The van der Waals surface area contributed by atoms with E-state index in [0.717, 1.165) is 29.5 Å². The number of hydrogen-bond donors (Lipinski definition) is 3. The minimum Gasteiger partial charge on any atom is -0.437 e. The lowest BCUT2D eigenvalue weighted by Gasteiger charge is -2.19. The van der Waals surface area contributed by atoms with Gasteiger partial charge in [-0.2, -0.15) is 4.31 Å². The van der Waals surface area contributed by atoms with E-state index >= 15 is 0 Å². The van der Waals surface area contributed by atoms with E-state index in [-0.39, 0.29) is 31.1 Å². The summed E-state index contributed by atoms with van der Waals surface area (Å²) in [6.45, 7) is 3.71. The number of benzene rings is 1. The Morgan fingerprint density at radius 3 is 2.56 bits per heavy atom. The lowest BCUT2D eigenvalue weighted by molar-refractivity contribution is 0.0964. The van der Waals surface area contributed by atoms with Gasteiger partial charge in [-0.15, -0.1) is 0 Å². The van der Waals surface area contributed by atoms with Gasteiger partial charge in [0.2, 0.25) is 17.0 Å². The van der Waals surface area contributed by atoms with Crippen LogP contribution >= 0.6 is 7.37 Å². The molecule has 0 aliphatic heterocycles. The molecule has 1 aliphatic carbocycles. The molecule has 0 spiro atoms. The second kappa shape index (κ2) is 10.9. The monoisotopic (exact) mass is 533 g/mol. The highest BCUT2D eigenvalue weighted by molar-refractivity contribution is 7.76. The highest BCUT2D eigenvalue weighted by atomic mass is 32.2. The summed E-state index contributed by atoms with van der Waals surface area (Å²) in [6, 6.07) is 9.65. The van der Waals surface area contributed by atoms with Gasteiger partial charge in [-0.1, -0.05) is 29.8 Å². The Morgan fingerprint density at radius 2 is 1.97 bits per heavy atom. The summed E-state index contributed by atoms with van der Waals surface area (Å²) < 4.78 is 41.0. The van der Waals surface area contributed by atoms with Gasteiger partial charge in [0.1, 0.15) is 5.76 Å². The predicted molar refractivity (Wildman–Crippen MR) is 141 cm³/mol. The van der Waals surface area contributed by atoms with Crippen molar-refractivity contribution < 1.29 is 27.4 Å². The first kappa shape index (κ1) is 26.7. The summed E-state index contributed by atoms with van der Waals surface area (Å²) in [4.78, 5) is 27.1. The number of carbonyl (C=O) groups excluding carboxylic acids is 1. The third-order valence-electron chi connectivity index (χ3n) is 6.36. The van der Waals surface area contributed by atoms with Gasteiger partial charge in [0.25, 0.3) is 5.91 Å². The van der Waals surface area contributed by atoms with Crippen molar-refractivity contribution in [1.82, 2.24) is 14.6 Å². The molecule has 0 bridgehead atoms. The molecule has 1 fully saturated rings. The van der Waals surface area contributed by atoms with E-state index in [0.29, 0.717) is 41.0 Å². The van der Waals surface area contributed by atoms with Crippen LogP contribution in [0.2, 0.25) is 0 Å². The maximum Gasteiger partial charge on any atom is 0.255 e. The first-order chi connectivity index (χ1) is 17.1. The van der Waals surface area contributed by atoms with Crippen molar-refractivity contribution in [1.29, 1.82) is 0 Å². The molecule has 2 atom stereocenters. The van der Waals surface area contributed by atoms with Gasteiger partial charge in [-0.3, -0.25) is 13.9 Å². The zero-order chi connectivity index (χ0) is 26.0. The molecule has 2 unspecified atom stereocenters. The van der Waals surface area contributed by atoms with E-state index in [1.54, 1.807) is 7.05 Å². The molecular formula is C25H32N3O6PS. The lowest BCUT2D eigenvalue weighted by atomic mass is 10.0. The summed E-state index contributed by atoms with van der Waals surface area (Å²) >= 11 is -2.24. The van der Waals surface area contributed by atoms with Crippen molar-refractivity contribution in [2.75, 3.05) is 26.4 Å². The first-order valence-corrected chi connectivity index (χ1v) is 15.3. The molecule has 2 aromatic heterocycles. The molecule has 11 heteroatoms. The molecule has 9 nitrogen and oxygen atoms in total. The molecule has 1 amide bonds. The van der Waals surface area contributed by atoms with Crippen LogP contribution in [-0.2, 0) is 22.4 Å². The summed E-state index contributed by atoms with van der Waals surface area (Å²) in [6.07, 6.45) is 3.14. The zero-order valence-electron chi connectivity index (χ0n) is 20.7. The maximum absolute atomic E-state index is 12.9. The van der Waals surface area contributed by atoms with Crippen LogP contribution < -0.4 is 5.32 Å². The van der Waals surface area contributed by atoms with Crippen LogP contribution in [0.15, 0.2) is 34.7 Å².